The zero-order valence-corrected chi connectivity index (χ0v) is 10.3. The van der Waals surface area contributed by atoms with Crippen LogP contribution in [0.25, 0.3) is 0 Å². The maximum absolute atomic E-state index is 12.6. The predicted molar refractivity (Wildman–Crippen MR) is 61.0 cm³/mol. The molecular weight excluding hydrogens is 269 g/mol. The van der Waals surface area contributed by atoms with Crippen LogP contribution in [0.15, 0.2) is 23.1 Å². The van der Waals surface area contributed by atoms with Crippen molar-refractivity contribution in [2.75, 3.05) is 19.5 Å². The van der Waals surface area contributed by atoms with E-state index < -0.39 is 23.3 Å². The third-order valence-electron chi connectivity index (χ3n) is 2.08. The van der Waals surface area contributed by atoms with E-state index in [1.807, 2.05) is 0 Å². The Hall–Kier alpha value is -1.21. The molecule has 0 saturated carbocycles. The number of benzene rings is 1. The van der Waals surface area contributed by atoms with Gasteiger partial charge >= 0.3 is 12.1 Å². The van der Waals surface area contributed by atoms with Crippen LogP contribution in [-0.4, -0.2) is 30.5 Å². The van der Waals surface area contributed by atoms with Gasteiger partial charge in [-0.15, -0.1) is 11.8 Å². The lowest BCUT2D eigenvalue weighted by Gasteiger charge is -2.11. The molecule has 0 unspecified atom stereocenters. The first-order valence-corrected chi connectivity index (χ1v) is 5.91. The van der Waals surface area contributed by atoms with Crippen molar-refractivity contribution in [2.24, 2.45) is 0 Å². The fraction of sp³-hybridized carbons (Fsp3) is 0.364. The average molecular weight is 280 g/mol. The van der Waals surface area contributed by atoms with Crippen molar-refractivity contribution >= 4 is 17.7 Å². The SMILES string of the molecule is COCCSc1ccc(C(F)(F)F)c(C(=O)O)c1. The fourth-order valence-electron chi connectivity index (χ4n) is 1.28. The van der Waals surface area contributed by atoms with Crippen LogP contribution in [0.5, 0.6) is 0 Å². The van der Waals surface area contributed by atoms with E-state index in [2.05, 4.69) is 0 Å². The van der Waals surface area contributed by atoms with E-state index in [9.17, 15) is 18.0 Å². The van der Waals surface area contributed by atoms with E-state index in [4.69, 9.17) is 9.84 Å². The second kappa shape index (κ2) is 6.10. The first kappa shape index (κ1) is 14.8. The summed E-state index contributed by atoms with van der Waals surface area (Å²) >= 11 is 1.24. The van der Waals surface area contributed by atoms with Crippen LogP contribution < -0.4 is 0 Å². The van der Waals surface area contributed by atoms with Gasteiger partial charge in [-0.1, -0.05) is 0 Å². The Balaban J connectivity index is 3.01. The standard InChI is InChI=1S/C11H11F3O3S/c1-17-4-5-18-7-2-3-9(11(12,13)14)8(6-7)10(15)16/h2-3,6H,4-5H2,1H3,(H,15,16). The quantitative estimate of drug-likeness (QED) is 0.665. The summed E-state index contributed by atoms with van der Waals surface area (Å²) in [5.74, 6) is -1.04. The number of aromatic carboxylic acids is 1. The minimum Gasteiger partial charge on any atom is -0.478 e. The zero-order valence-electron chi connectivity index (χ0n) is 9.45. The third-order valence-corrected chi connectivity index (χ3v) is 3.04. The Morgan fingerprint density at radius 1 is 1.44 bits per heavy atom. The van der Waals surface area contributed by atoms with E-state index in [-0.39, 0.29) is 0 Å². The van der Waals surface area contributed by atoms with Gasteiger partial charge in [0.05, 0.1) is 17.7 Å². The highest BCUT2D eigenvalue weighted by Gasteiger charge is 2.35. The second-order valence-corrected chi connectivity index (χ2v) is 4.52. The Kier molecular flexibility index (Phi) is 5.03. The minimum atomic E-state index is -4.66. The smallest absolute Gasteiger partial charge is 0.417 e. The Morgan fingerprint density at radius 3 is 2.61 bits per heavy atom. The van der Waals surface area contributed by atoms with Crippen molar-refractivity contribution in [2.45, 2.75) is 11.1 Å². The number of halogens is 3. The molecule has 0 aliphatic carbocycles. The summed E-state index contributed by atoms with van der Waals surface area (Å²) in [7, 11) is 1.51. The monoisotopic (exact) mass is 280 g/mol. The lowest BCUT2D eigenvalue weighted by atomic mass is 10.1. The molecule has 0 spiro atoms. The van der Waals surface area contributed by atoms with E-state index >= 15 is 0 Å². The number of hydrogen-bond donors (Lipinski definition) is 1. The highest BCUT2D eigenvalue weighted by molar-refractivity contribution is 7.99. The van der Waals surface area contributed by atoms with E-state index in [1.165, 1.54) is 24.9 Å². The summed E-state index contributed by atoms with van der Waals surface area (Å²) in [5.41, 5.74) is -1.86. The summed E-state index contributed by atoms with van der Waals surface area (Å²) in [5, 5.41) is 8.79. The summed E-state index contributed by atoms with van der Waals surface area (Å²) in [6.07, 6.45) is -4.66. The molecule has 0 amide bonds. The molecule has 0 saturated heterocycles. The lowest BCUT2D eigenvalue weighted by molar-refractivity contribution is -0.138. The summed E-state index contributed by atoms with van der Waals surface area (Å²) < 4.78 is 42.5. The Morgan fingerprint density at radius 2 is 2.11 bits per heavy atom. The molecule has 1 N–H and O–H groups in total. The van der Waals surface area contributed by atoms with Crippen molar-refractivity contribution in [3.63, 3.8) is 0 Å². The van der Waals surface area contributed by atoms with Crippen molar-refractivity contribution in [1.29, 1.82) is 0 Å². The summed E-state index contributed by atoms with van der Waals surface area (Å²) in [4.78, 5) is 11.3. The number of alkyl halides is 3. The number of thioether (sulfide) groups is 1. The molecule has 0 aromatic heterocycles. The van der Waals surface area contributed by atoms with Crippen LogP contribution in [0.4, 0.5) is 13.2 Å². The normalized spacial score (nSPS) is 11.6. The highest BCUT2D eigenvalue weighted by atomic mass is 32.2. The van der Waals surface area contributed by atoms with Crippen LogP contribution >= 0.6 is 11.8 Å². The van der Waals surface area contributed by atoms with E-state index in [0.29, 0.717) is 17.3 Å². The lowest BCUT2D eigenvalue weighted by Crippen LogP contribution is -2.12. The summed E-state index contributed by atoms with van der Waals surface area (Å²) in [6, 6.07) is 3.08. The predicted octanol–water partition coefficient (Wildman–Crippen LogP) is 3.14. The molecule has 0 bridgehead atoms. The fourth-order valence-corrected chi connectivity index (χ4v) is 2.13. The van der Waals surface area contributed by atoms with Gasteiger partial charge in [0.2, 0.25) is 0 Å². The Labute approximate surface area is 106 Å². The third kappa shape index (κ3) is 3.92. The number of carboxylic acid groups (broad SMARTS) is 1. The van der Waals surface area contributed by atoms with Crippen molar-refractivity contribution in [3.05, 3.63) is 29.3 Å². The van der Waals surface area contributed by atoms with Gasteiger partial charge < -0.3 is 9.84 Å². The van der Waals surface area contributed by atoms with Crippen LogP contribution in [0, 0.1) is 0 Å². The van der Waals surface area contributed by atoms with Gasteiger partial charge in [0.1, 0.15) is 0 Å². The van der Waals surface area contributed by atoms with Crippen LogP contribution in [0.2, 0.25) is 0 Å². The van der Waals surface area contributed by atoms with Crippen LogP contribution in [0.3, 0.4) is 0 Å². The molecule has 0 heterocycles. The summed E-state index contributed by atoms with van der Waals surface area (Å²) in [6.45, 7) is 0.439. The highest BCUT2D eigenvalue weighted by Crippen LogP contribution is 2.34. The first-order chi connectivity index (χ1) is 8.36. The molecule has 0 radical (unpaired) electrons. The molecule has 7 heteroatoms. The van der Waals surface area contributed by atoms with Gasteiger partial charge in [-0.2, -0.15) is 13.2 Å². The molecule has 1 aromatic rings. The molecule has 100 valence electrons. The molecule has 3 nitrogen and oxygen atoms in total. The largest absolute Gasteiger partial charge is 0.478 e. The minimum absolute atomic E-state index is 0.439. The number of hydrogen-bond acceptors (Lipinski definition) is 3. The molecule has 0 atom stereocenters. The molecule has 0 fully saturated rings. The first-order valence-electron chi connectivity index (χ1n) is 4.92. The van der Waals surface area contributed by atoms with Crippen LogP contribution in [-0.2, 0) is 10.9 Å². The topological polar surface area (TPSA) is 46.5 Å². The number of rotatable bonds is 5. The molecule has 0 aliphatic heterocycles. The van der Waals surface area contributed by atoms with E-state index in [0.717, 1.165) is 12.1 Å². The second-order valence-electron chi connectivity index (χ2n) is 3.35. The van der Waals surface area contributed by atoms with Gasteiger partial charge in [-0.25, -0.2) is 4.79 Å². The van der Waals surface area contributed by atoms with E-state index in [1.54, 1.807) is 0 Å². The van der Waals surface area contributed by atoms with Gasteiger partial charge in [-0.05, 0) is 18.2 Å². The number of methoxy groups -OCH3 is 1. The van der Waals surface area contributed by atoms with Gasteiger partial charge in [-0.3, -0.25) is 0 Å². The number of ether oxygens (including phenoxy) is 1. The van der Waals surface area contributed by atoms with Gasteiger partial charge in [0.25, 0.3) is 0 Å². The zero-order chi connectivity index (χ0) is 13.8. The number of carbonyl (C=O) groups is 1. The molecule has 0 aliphatic rings. The Bertz CT molecular complexity index is 432. The van der Waals surface area contributed by atoms with Crippen molar-refractivity contribution < 1.29 is 27.8 Å². The maximum Gasteiger partial charge on any atom is 0.417 e. The average Bonchev–Trinajstić information content (AvgIpc) is 2.27. The van der Waals surface area contributed by atoms with Crippen molar-refractivity contribution in [1.82, 2.24) is 0 Å². The van der Waals surface area contributed by atoms with Crippen LogP contribution in [0.1, 0.15) is 15.9 Å². The molecular formula is C11H11F3O3S. The molecule has 1 rings (SSSR count). The maximum atomic E-state index is 12.6. The van der Waals surface area contributed by atoms with Gasteiger partial charge in [0, 0.05) is 17.8 Å². The van der Waals surface area contributed by atoms with Gasteiger partial charge in [0.15, 0.2) is 0 Å². The van der Waals surface area contributed by atoms with Crippen molar-refractivity contribution in [3.8, 4) is 0 Å². The molecule has 18 heavy (non-hydrogen) atoms. The molecule has 1 aromatic carbocycles. The number of carboxylic acids is 1.